The largest absolute Gasteiger partial charge is 0.368 e. The van der Waals surface area contributed by atoms with Crippen LogP contribution in [0.25, 0.3) is 10.9 Å². The lowest BCUT2D eigenvalue weighted by molar-refractivity contribution is -0.142. The first-order valence-electron chi connectivity index (χ1n) is 9.92. The molecule has 1 aromatic heterocycles. The number of nitrogens with one attached hydrogen (secondary N) is 2. The van der Waals surface area contributed by atoms with E-state index in [1.54, 1.807) is 0 Å². The highest BCUT2D eigenvalue weighted by Crippen LogP contribution is 2.22. The van der Waals surface area contributed by atoms with Crippen LogP contribution in [-0.4, -0.2) is 54.2 Å². The molecule has 5 heteroatoms. The van der Waals surface area contributed by atoms with Gasteiger partial charge in [-0.25, -0.2) is 0 Å². The number of ether oxygens (including phenoxy) is 1. The number of amides is 1. The van der Waals surface area contributed by atoms with E-state index in [0.717, 1.165) is 58.3 Å². The van der Waals surface area contributed by atoms with Gasteiger partial charge in [0.15, 0.2) is 0 Å². The van der Waals surface area contributed by atoms with Crippen LogP contribution in [0.15, 0.2) is 24.4 Å². The number of aromatic amines is 1. The Morgan fingerprint density at radius 3 is 2.92 bits per heavy atom. The number of nitrogens with zero attached hydrogens (tertiary/aromatic N) is 1. The van der Waals surface area contributed by atoms with Gasteiger partial charge in [-0.3, -0.25) is 4.79 Å². The summed E-state index contributed by atoms with van der Waals surface area (Å²) in [6.45, 7) is 5.56. The topological polar surface area (TPSA) is 57.4 Å². The molecular weight excluding hydrogens is 326 g/mol. The van der Waals surface area contributed by atoms with Crippen LogP contribution in [0.2, 0.25) is 0 Å². The van der Waals surface area contributed by atoms with Gasteiger partial charge < -0.3 is 19.9 Å². The Kier molecular flexibility index (Phi) is 5.27. The third kappa shape index (κ3) is 3.64. The number of carbonyl (C=O) groups excluding carboxylic acids is 1. The average Bonchev–Trinajstić information content (AvgIpc) is 3.33. The van der Waals surface area contributed by atoms with Crippen molar-refractivity contribution in [1.82, 2.24) is 15.2 Å². The summed E-state index contributed by atoms with van der Waals surface area (Å²) in [5, 5.41) is 5.02. The summed E-state index contributed by atoms with van der Waals surface area (Å²) < 4.78 is 5.53. The molecule has 2 aromatic rings. The van der Waals surface area contributed by atoms with Gasteiger partial charge in [0.2, 0.25) is 0 Å². The zero-order chi connectivity index (χ0) is 17.9. The molecule has 4 rings (SSSR count). The monoisotopic (exact) mass is 355 g/mol. The van der Waals surface area contributed by atoms with Crippen molar-refractivity contribution in [3.63, 3.8) is 0 Å². The van der Waals surface area contributed by atoms with Gasteiger partial charge in [-0.2, -0.15) is 0 Å². The summed E-state index contributed by atoms with van der Waals surface area (Å²) >= 11 is 0. The Labute approximate surface area is 155 Å². The average molecular weight is 355 g/mol. The van der Waals surface area contributed by atoms with Crippen LogP contribution in [0.1, 0.15) is 36.8 Å². The molecule has 5 nitrogen and oxygen atoms in total. The van der Waals surface area contributed by atoms with E-state index in [0.29, 0.717) is 6.04 Å². The van der Waals surface area contributed by atoms with Crippen molar-refractivity contribution in [2.24, 2.45) is 0 Å². The standard InChI is InChI=1S/C21H29N3O2/c1-15-4-2-5-18-16(14-23-20(15)18)7-10-22-17-8-11-24(12-9-17)21(25)19-6-3-13-26-19/h2,4-5,14,17,19,22-23H,3,6-13H2,1H3. The fraction of sp³-hybridized carbons (Fsp3) is 0.571. The number of hydrogen-bond donors (Lipinski definition) is 2. The zero-order valence-corrected chi connectivity index (χ0v) is 15.6. The number of fused-ring (bicyclic) bond motifs is 1. The number of para-hydroxylation sites is 1. The minimum Gasteiger partial charge on any atom is -0.368 e. The van der Waals surface area contributed by atoms with E-state index >= 15 is 0 Å². The molecule has 0 spiro atoms. The number of likely N-dealkylation sites (tertiary alicyclic amines) is 1. The van der Waals surface area contributed by atoms with Crippen LogP contribution in [0.3, 0.4) is 0 Å². The second-order valence-electron chi connectivity index (χ2n) is 7.62. The Hall–Kier alpha value is -1.85. The van der Waals surface area contributed by atoms with Crippen molar-refractivity contribution in [2.45, 2.75) is 51.2 Å². The van der Waals surface area contributed by atoms with E-state index in [9.17, 15) is 4.79 Å². The maximum absolute atomic E-state index is 12.4. The number of rotatable bonds is 5. The predicted molar refractivity (Wildman–Crippen MR) is 103 cm³/mol. The summed E-state index contributed by atoms with van der Waals surface area (Å²) in [4.78, 5) is 17.8. The van der Waals surface area contributed by atoms with Crippen molar-refractivity contribution in [1.29, 1.82) is 0 Å². The first kappa shape index (κ1) is 17.6. The molecule has 2 N–H and O–H groups in total. The number of aromatic nitrogens is 1. The summed E-state index contributed by atoms with van der Waals surface area (Å²) in [5.74, 6) is 0.204. The van der Waals surface area contributed by atoms with Crippen molar-refractivity contribution in [3.8, 4) is 0 Å². The Balaban J connectivity index is 1.23. The van der Waals surface area contributed by atoms with E-state index < -0.39 is 0 Å². The van der Waals surface area contributed by atoms with Crippen LogP contribution >= 0.6 is 0 Å². The molecule has 3 heterocycles. The SMILES string of the molecule is Cc1cccc2c(CCNC3CCN(C(=O)C4CCCO4)CC3)c[nH]c12. The number of carbonyl (C=O) groups is 1. The van der Waals surface area contributed by atoms with Crippen LogP contribution in [0.5, 0.6) is 0 Å². The van der Waals surface area contributed by atoms with Gasteiger partial charge in [0, 0.05) is 42.8 Å². The van der Waals surface area contributed by atoms with Crippen LogP contribution in [0.4, 0.5) is 0 Å². The highest BCUT2D eigenvalue weighted by atomic mass is 16.5. The number of piperidine rings is 1. The van der Waals surface area contributed by atoms with Gasteiger partial charge in [-0.15, -0.1) is 0 Å². The van der Waals surface area contributed by atoms with E-state index in [-0.39, 0.29) is 12.0 Å². The highest BCUT2D eigenvalue weighted by Gasteiger charge is 2.30. The van der Waals surface area contributed by atoms with E-state index in [1.807, 2.05) is 4.90 Å². The molecule has 2 aliphatic heterocycles. The molecule has 0 radical (unpaired) electrons. The fourth-order valence-corrected chi connectivity index (χ4v) is 4.26. The van der Waals surface area contributed by atoms with Crippen LogP contribution < -0.4 is 5.32 Å². The molecule has 2 saturated heterocycles. The first-order chi connectivity index (χ1) is 12.7. The van der Waals surface area contributed by atoms with Crippen molar-refractivity contribution < 1.29 is 9.53 Å². The molecule has 2 fully saturated rings. The molecule has 2 aliphatic rings. The zero-order valence-electron chi connectivity index (χ0n) is 15.6. The van der Waals surface area contributed by atoms with Gasteiger partial charge >= 0.3 is 0 Å². The van der Waals surface area contributed by atoms with Gasteiger partial charge in [0.1, 0.15) is 6.10 Å². The molecule has 1 atom stereocenters. The van der Waals surface area contributed by atoms with Crippen molar-refractivity contribution in [3.05, 3.63) is 35.5 Å². The number of H-pyrrole nitrogens is 1. The summed E-state index contributed by atoms with van der Waals surface area (Å²) in [5.41, 5.74) is 3.93. The minimum absolute atomic E-state index is 0.176. The normalized spacial score (nSPS) is 21.6. The second kappa shape index (κ2) is 7.80. The lowest BCUT2D eigenvalue weighted by atomic mass is 10.0. The fourth-order valence-electron chi connectivity index (χ4n) is 4.26. The number of benzene rings is 1. The highest BCUT2D eigenvalue weighted by molar-refractivity contribution is 5.85. The molecule has 140 valence electrons. The van der Waals surface area contributed by atoms with Gasteiger partial charge in [-0.1, -0.05) is 18.2 Å². The Morgan fingerprint density at radius 1 is 1.31 bits per heavy atom. The summed E-state index contributed by atoms with van der Waals surface area (Å²) in [7, 11) is 0. The molecule has 0 bridgehead atoms. The quantitative estimate of drug-likeness (QED) is 0.867. The maximum Gasteiger partial charge on any atom is 0.251 e. The molecule has 0 aliphatic carbocycles. The number of aryl methyl sites for hydroxylation is 1. The molecule has 1 unspecified atom stereocenters. The number of hydrogen-bond acceptors (Lipinski definition) is 3. The van der Waals surface area contributed by atoms with E-state index in [1.165, 1.54) is 22.0 Å². The van der Waals surface area contributed by atoms with E-state index in [4.69, 9.17) is 4.74 Å². The summed E-state index contributed by atoms with van der Waals surface area (Å²) in [6.07, 6.45) is 6.96. The molecule has 0 saturated carbocycles. The van der Waals surface area contributed by atoms with Gasteiger partial charge in [0.25, 0.3) is 5.91 Å². The van der Waals surface area contributed by atoms with Gasteiger partial charge in [-0.05, 0) is 56.7 Å². The van der Waals surface area contributed by atoms with Gasteiger partial charge in [0.05, 0.1) is 0 Å². The summed E-state index contributed by atoms with van der Waals surface area (Å²) in [6, 6.07) is 6.98. The molecule has 26 heavy (non-hydrogen) atoms. The third-order valence-corrected chi connectivity index (χ3v) is 5.85. The Bertz CT molecular complexity index is 756. The molecular formula is C21H29N3O2. The van der Waals surface area contributed by atoms with Crippen molar-refractivity contribution in [2.75, 3.05) is 26.2 Å². The van der Waals surface area contributed by atoms with Crippen molar-refractivity contribution >= 4 is 16.8 Å². The lowest BCUT2D eigenvalue weighted by Gasteiger charge is -2.33. The first-order valence-corrected chi connectivity index (χ1v) is 9.92. The smallest absolute Gasteiger partial charge is 0.251 e. The van der Waals surface area contributed by atoms with E-state index in [2.05, 4.69) is 41.6 Å². The predicted octanol–water partition coefficient (Wildman–Crippen LogP) is 2.78. The van der Waals surface area contributed by atoms with Crippen LogP contribution in [0, 0.1) is 6.92 Å². The maximum atomic E-state index is 12.4. The molecule has 1 aromatic carbocycles. The van der Waals surface area contributed by atoms with Crippen LogP contribution in [-0.2, 0) is 16.0 Å². The third-order valence-electron chi connectivity index (χ3n) is 5.85. The second-order valence-corrected chi connectivity index (χ2v) is 7.62. The lowest BCUT2D eigenvalue weighted by Crippen LogP contribution is -2.48. The Morgan fingerprint density at radius 2 is 2.15 bits per heavy atom. The molecule has 1 amide bonds. The minimum atomic E-state index is -0.176.